The third-order valence-electron chi connectivity index (χ3n) is 2.26. The van der Waals surface area contributed by atoms with Crippen LogP contribution < -0.4 is 5.32 Å². The summed E-state index contributed by atoms with van der Waals surface area (Å²) in [6.07, 6.45) is 0. The van der Waals surface area contributed by atoms with Crippen LogP contribution in [0.15, 0.2) is 0 Å². The van der Waals surface area contributed by atoms with Gasteiger partial charge in [0.05, 0.1) is 6.54 Å². The average Bonchev–Trinajstić information content (AvgIpc) is 2.14. The van der Waals surface area contributed by atoms with Crippen LogP contribution in [0.4, 0.5) is 0 Å². The summed E-state index contributed by atoms with van der Waals surface area (Å²) in [5.41, 5.74) is 0. The molecule has 1 atom stereocenters. The van der Waals surface area contributed by atoms with Crippen molar-refractivity contribution in [2.45, 2.75) is 32.1 Å². The van der Waals surface area contributed by atoms with E-state index < -0.39 is 0 Å². The molecule has 1 heterocycles. The Morgan fingerprint density at radius 2 is 2.36 bits per heavy atom. The first-order chi connectivity index (χ1) is 6.59. The summed E-state index contributed by atoms with van der Waals surface area (Å²) in [5.74, 6) is 1.32. The Hall–Kier alpha value is -0.220. The lowest BCUT2D eigenvalue weighted by molar-refractivity contribution is -0.130. The predicted octanol–water partition coefficient (Wildman–Crippen LogP) is 0.948. The average molecular weight is 216 g/mol. The maximum Gasteiger partial charge on any atom is 0.236 e. The van der Waals surface area contributed by atoms with E-state index in [0.29, 0.717) is 17.8 Å². The monoisotopic (exact) mass is 216 g/mol. The first kappa shape index (κ1) is 11.9. The van der Waals surface area contributed by atoms with Gasteiger partial charge in [0.1, 0.15) is 0 Å². The highest BCUT2D eigenvalue weighted by molar-refractivity contribution is 7.99. The second-order valence-electron chi connectivity index (χ2n) is 4.06. The smallest absolute Gasteiger partial charge is 0.236 e. The summed E-state index contributed by atoms with van der Waals surface area (Å²) >= 11 is 1.95. The molecular weight excluding hydrogens is 196 g/mol. The molecule has 1 rings (SSSR count). The van der Waals surface area contributed by atoms with Gasteiger partial charge in [0.25, 0.3) is 0 Å². The number of thioether (sulfide) groups is 1. The minimum atomic E-state index is 0.242. The van der Waals surface area contributed by atoms with Gasteiger partial charge >= 0.3 is 0 Å². The molecule has 1 fully saturated rings. The van der Waals surface area contributed by atoms with Crippen molar-refractivity contribution < 1.29 is 4.79 Å². The van der Waals surface area contributed by atoms with Crippen LogP contribution in [-0.2, 0) is 4.79 Å². The summed E-state index contributed by atoms with van der Waals surface area (Å²) in [5, 5.41) is 3.75. The van der Waals surface area contributed by atoms with Crippen LogP contribution in [-0.4, -0.2) is 47.5 Å². The SMILES string of the molecule is CC(C)NCC(=O)N1CCSC(C)C1. The topological polar surface area (TPSA) is 32.3 Å². The largest absolute Gasteiger partial charge is 0.340 e. The van der Waals surface area contributed by atoms with Crippen molar-refractivity contribution in [3.63, 3.8) is 0 Å². The number of nitrogens with one attached hydrogen (secondary N) is 1. The fraction of sp³-hybridized carbons (Fsp3) is 0.900. The summed E-state index contributed by atoms with van der Waals surface area (Å²) < 4.78 is 0. The maximum absolute atomic E-state index is 11.7. The van der Waals surface area contributed by atoms with Crippen LogP contribution in [0.25, 0.3) is 0 Å². The highest BCUT2D eigenvalue weighted by Crippen LogP contribution is 2.17. The Kier molecular flexibility index (Phi) is 4.75. The third kappa shape index (κ3) is 3.88. The molecule has 1 amide bonds. The van der Waals surface area contributed by atoms with E-state index in [4.69, 9.17) is 0 Å². The molecule has 0 saturated carbocycles. The molecular formula is C10H20N2OS. The Labute approximate surface area is 90.6 Å². The first-order valence-corrected chi connectivity index (χ1v) is 6.27. The van der Waals surface area contributed by atoms with Gasteiger partial charge in [-0.3, -0.25) is 4.79 Å². The molecule has 0 radical (unpaired) electrons. The van der Waals surface area contributed by atoms with Gasteiger partial charge in [-0.25, -0.2) is 0 Å². The molecule has 0 aromatic rings. The molecule has 1 unspecified atom stereocenters. The first-order valence-electron chi connectivity index (χ1n) is 5.22. The summed E-state index contributed by atoms with van der Waals surface area (Å²) in [4.78, 5) is 13.7. The van der Waals surface area contributed by atoms with Crippen LogP contribution in [0, 0.1) is 0 Å². The van der Waals surface area contributed by atoms with Gasteiger partial charge in [-0.15, -0.1) is 0 Å². The van der Waals surface area contributed by atoms with Gasteiger partial charge < -0.3 is 10.2 Å². The molecule has 0 bridgehead atoms. The van der Waals surface area contributed by atoms with Gasteiger partial charge in [0.2, 0.25) is 5.91 Å². The van der Waals surface area contributed by atoms with Crippen molar-refractivity contribution in [3.05, 3.63) is 0 Å². The molecule has 82 valence electrons. The molecule has 4 heteroatoms. The van der Waals surface area contributed by atoms with Gasteiger partial charge in [0.15, 0.2) is 0 Å². The van der Waals surface area contributed by atoms with Gasteiger partial charge in [-0.1, -0.05) is 20.8 Å². The molecule has 0 aromatic heterocycles. The summed E-state index contributed by atoms with van der Waals surface area (Å²) in [7, 11) is 0. The minimum Gasteiger partial charge on any atom is -0.340 e. The van der Waals surface area contributed by atoms with E-state index in [1.54, 1.807) is 0 Å². The Bertz CT molecular complexity index is 197. The molecule has 14 heavy (non-hydrogen) atoms. The predicted molar refractivity (Wildman–Crippen MR) is 61.6 cm³/mol. The molecule has 3 nitrogen and oxygen atoms in total. The normalized spacial score (nSPS) is 22.9. The van der Waals surface area contributed by atoms with Gasteiger partial charge in [0, 0.05) is 30.1 Å². The number of hydrogen-bond donors (Lipinski definition) is 1. The molecule has 1 aliphatic rings. The second-order valence-corrected chi connectivity index (χ2v) is 5.60. The number of hydrogen-bond acceptors (Lipinski definition) is 3. The third-order valence-corrected chi connectivity index (χ3v) is 3.39. The molecule has 0 aliphatic carbocycles. The van der Waals surface area contributed by atoms with E-state index in [1.807, 2.05) is 16.7 Å². The van der Waals surface area contributed by atoms with Crippen molar-refractivity contribution in [1.82, 2.24) is 10.2 Å². The lowest BCUT2D eigenvalue weighted by atomic mass is 10.3. The van der Waals surface area contributed by atoms with E-state index in [-0.39, 0.29) is 5.91 Å². The van der Waals surface area contributed by atoms with Crippen molar-refractivity contribution in [3.8, 4) is 0 Å². The van der Waals surface area contributed by atoms with E-state index in [2.05, 4.69) is 26.1 Å². The number of nitrogens with zero attached hydrogens (tertiary/aromatic N) is 1. The quantitative estimate of drug-likeness (QED) is 0.762. The van der Waals surface area contributed by atoms with Crippen molar-refractivity contribution in [1.29, 1.82) is 0 Å². The fourth-order valence-electron chi connectivity index (χ4n) is 1.45. The maximum atomic E-state index is 11.7. The van der Waals surface area contributed by atoms with Crippen LogP contribution in [0.1, 0.15) is 20.8 Å². The Morgan fingerprint density at radius 1 is 1.64 bits per heavy atom. The van der Waals surface area contributed by atoms with Crippen LogP contribution in [0.3, 0.4) is 0 Å². The number of carbonyl (C=O) groups is 1. The lowest BCUT2D eigenvalue weighted by Gasteiger charge is -2.30. The molecule has 1 N–H and O–H groups in total. The van der Waals surface area contributed by atoms with Gasteiger partial charge in [-0.2, -0.15) is 11.8 Å². The van der Waals surface area contributed by atoms with E-state index in [1.165, 1.54) is 0 Å². The lowest BCUT2D eigenvalue weighted by Crippen LogP contribution is -2.45. The zero-order valence-corrected chi connectivity index (χ0v) is 10.1. The second kappa shape index (κ2) is 5.61. The number of amides is 1. The summed E-state index contributed by atoms with van der Waals surface area (Å²) in [6.45, 7) is 8.59. The van der Waals surface area contributed by atoms with E-state index in [9.17, 15) is 4.79 Å². The standard InChI is InChI=1S/C10H20N2OS/c1-8(2)11-6-10(13)12-4-5-14-9(3)7-12/h8-9,11H,4-7H2,1-3H3. The van der Waals surface area contributed by atoms with Gasteiger partial charge in [-0.05, 0) is 0 Å². The van der Waals surface area contributed by atoms with Crippen molar-refractivity contribution in [2.75, 3.05) is 25.4 Å². The fourth-order valence-corrected chi connectivity index (χ4v) is 2.46. The van der Waals surface area contributed by atoms with Crippen molar-refractivity contribution in [2.24, 2.45) is 0 Å². The van der Waals surface area contributed by atoms with Crippen LogP contribution >= 0.6 is 11.8 Å². The molecule has 0 spiro atoms. The number of carbonyl (C=O) groups excluding carboxylic acids is 1. The zero-order chi connectivity index (χ0) is 10.6. The minimum absolute atomic E-state index is 0.242. The highest BCUT2D eigenvalue weighted by atomic mass is 32.2. The van der Waals surface area contributed by atoms with E-state index >= 15 is 0 Å². The molecule has 0 aromatic carbocycles. The zero-order valence-electron chi connectivity index (χ0n) is 9.25. The molecule has 1 aliphatic heterocycles. The molecule has 1 saturated heterocycles. The number of rotatable bonds is 3. The van der Waals surface area contributed by atoms with Crippen LogP contribution in [0.5, 0.6) is 0 Å². The van der Waals surface area contributed by atoms with Crippen LogP contribution in [0.2, 0.25) is 0 Å². The summed E-state index contributed by atoms with van der Waals surface area (Å²) in [6, 6.07) is 0.385. The highest BCUT2D eigenvalue weighted by Gasteiger charge is 2.20. The Balaban J connectivity index is 2.29. The van der Waals surface area contributed by atoms with E-state index in [0.717, 1.165) is 18.8 Å². The van der Waals surface area contributed by atoms with Crippen molar-refractivity contribution >= 4 is 17.7 Å². The Morgan fingerprint density at radius 3 is 2.93 bits per heavy atom.